The first-order valence-corrected chi connectivity index (χ1v) is 8.05. The zero-order valence-electron chi connectivity index (χ0n) is 12.1. The molecular weight excluding hydrogens is 289 g/mol. The van der Waals surface area contributed by atoms with Gasteiger partial charge in [-0.25, -0.2) is 14.4 Å². The molecule has 0 spiro atoms. The van der Waals surface area contributed by atoms with Crippen LogP contribution in [0.1, 0.15) is 31.2 Å². The molecule has 0 N–H and O–H groups in total. The average Bonchev–Trinajstić information content (AvgIpc) is 3.01. The van der Waals surface area contributed by atoms with Gasteiger partial charge in [0.2, 0.25) is 0 Å². The van der Waals surface area contributed by atoms with Crippen LogP contribution in [-0.4, -0.2) is 29.2 Å². The predicted molar refractivity (Wildman–Crippen MR) is 81.2 cm³/mol. The van der Waals surface area contributed by atoms with Gasteiger partial charge in [-0.05, 0) is 35.7 Å². The van der Waals surface area contributed by atoms with Crippen molar-refractivity contribution in [3.05, 3.63) is 40.2 Å². The van der Waals surface area contributed by atoms with Gasteiger partial charge in [0.15, 0.2) is 11.6 Å². The smallest absolute Gasteiger partial charge is 0.187 e. The van der Waals surface area contributed by atoms with Crippen LogP contribution < -0.4 is 4.90 Å². The molecule has 0 unspecified atom stereocenters. The Labute approximate surface area is 127 Å². The Morgan fingerprint density at radius 1 is 1.43 bits per heavy atom. The Kier molecular flexibility index (Phi) is 4.17. The van der Waals surface area contributed by atoms with Gasteiger partial charge < -0.3 is 9.64 Å². The van der Waals surface area contributed by atoms with Gasteiger partial charge in [0.25, 0.3) is 0 Å². The van der Waals surface area contributed by atoms with Crippen LogP contribution in [0.3, 0.4) is 0 Å². The summed E-state index contributed by atoms with van der Waals surface area (Å²) in [5, 5.41) is 4.11. The molecule has 21 heavy (non-hydrogen) atoms. The Bertz CT molecular complexity index is 605. The van der Waals surface area contributed by atoms with Crippen molar-refractivity contribution < 1.29 is 9.13 Å². The fourth-order valence-corrected chi connectivity index (χ4v) is 3.33. The van der Waals surface area contributed by atoms with E-state index in [0.717, 1.165) is 5.56 Å². The molecule has 0 radical (unpaired) electrons. The van der Waals surface area contributed by atoms with Crippen molar-refractivity contribution in [1.29, 1.82) is 0 Å². The number of hydrogen-bond acceptors (Lipinski definition) is 5. The number of ether oxygens (including phenoxy) is 1. The third-order valence-electron chi connectivity index (χ3n) is 3.65. The summed E-state index contributed by atoms with van der Waals surface area (Å²) in [7, 11) is 0. The van der Waals surface area contributed by atoms with Gasteiger partial charge in [-0.3, -0.25) is 0 Å². The van der Waals surface area contributed by atoms with Gasteiger partial charge in [0, 0.05) is 6.54 Å². The van der Waals surface area contributed by atoms with Gasteiger partial charge in [0.1, 0.15) is 12.4 Å². The Morgan fingerprint density at radius 3 is 3.00 bits per heavy atom. The highest BCUT2D eigenvalue weighted by atomic mass is 32.1. The van der Waals surface area contributed by atoms with E-state index in [1.165, 1.54) is 6.33 Å². The van der Waals surface area contributed by atoms with E-state index in [-0.39, 0.29) is 18.0 Å². The first-order chi connectivity index (χ1) is 10.2. The lowest BCUT2D eigenvalue weighted by atomic mass is 10.1. The minimum absolute atomic E-state index is 0.0306. The molecule has 1 saturated heterocycles. The van der Waals surface area contributed by atoms with E-state index < -0.39 is 0 Å². The summed E-state index contributed by atoms with van der Waals surface area (Å²) in [6.45, 7) is 5.15. The second-order valence-corrected chi connectivity index (χ2v) is 5.99. The lowest BCUT2D eigenvalue weighted by Crippen LogP contribution is -2.43. The molecule has 2 atom stereocenters. The van der Waals surface area contributed by atoms with Gasteiger partial charge >= 0.3 is 0 Å². The average molecular weight is 307 g/mol. The topological polar surface area (TPSA) is 38.2 Å². The van der Waals surface area contributed by atoms with Crippen LogP contribution in [0.4, 0.5) is 10.2 Å². The number of thiophene rings is 1. The third kappa shape index (κ3) is 2.91. The molecule has 4 nitrogen and oxygen atoms in total. The zero-order valence-corrected chi connectivity index (χ0v) is 12.9. The van der Waals surface area contributed by atoms with Crippen LogP contribution in [0.5, 0.6) is 0 Å². The Balaban J connectivity index is 1.88. The second kappa shape index (κ2) is 6.07. The second-order valence-electron chi connectivity index (χ2n) is 5.21. The van der Waals surface area contributed by atoms with E-state index in [1.807, 2.05) is 24.1 Å². The van der Waals surface area contributed by atoms with Crippen LogP contribution in [0.15, 0.2) is 23.2 Å². The van der Waals surface area contributed by atoms with E-state index >= 15 is 0 Å². The summed E-state index contributed by atoms with van der Waals surface area (Å²) in [6, 6.07) is 2.05. The molecular formula is C15H18FN3OS. The van der Waals surface area contributed by atoms with Crippen LogP contribution in [-0.2, 0) is 11.2 Å². The summed E-state index contributed by atoms with van der Waals surface area (Å²) in [5.41, 5.74) is 1.60. The molecule has 0 saturated carbocycles. The van der Waals surface area contributed by atoms with E-state index in [9.17, 15) is 4.39 Å². The van der Waals surface area contributed by atoms with Crippen LogP contribution in [0.2, 0.25) is 0 Å². The molecule has 112 valence electrons. The molecule has 0 aromatic carbocycles. The molecule has 6 heteroatoms. The maximum atomic E-state index is 14.4. The number of halogens is 1. The monoisotopic (exact) mass is 307 g/mol. The van der Waals surface area contributed by atoms with Crippen LogP contribution in [0, 0.1) is 5.82 Å². The highest BCUT2D eigenvalue weighted by Crippen LogP contribution is 2.30. The van der Waals surface area contributed by atoms with Gasteiger partial charge in [-0.1, -0.05) is 6.92 Å². The highest BCUT2D eigenvalue weighted by Gasteiger charge is 2.29. The first kappa shape index (κ1) is 14.4. The summed E-state index contributed by atoms with van der Waals surface area (Å²) in [4.78, 5) is 10.1. The molecule has 2 aromatic heterocycles. The van der Waals surface area contributed by atoms with Crippen LogP contribution in [0.25, 0.3) is 0 Å². The summed E-state index contributed by atoms with van der Waals surface area (Å²) >= 11 is 1.64. The van der Waals surface area contributed by atoms with E-state index in [2.05, 4.69) is 21.4 Å². The Morgan fingerprint density at radius 2 is 2.29 bits per heavy atom. The summed E-state index contributed by atoms with van der Waals surface area (Å²) in [5.74, 6) is 0.0791. The van der Waals surface area contributed by atoms with E-state index in [4.69, 9.17) is 4.74 Å². The molecule has 0 amide bonds. The van der Waals surface area contributed by atoms with E-state index in [0.29, 0.717) is 31.0 Å². The highest BCUT2D eigenvalue weighted by molar-refractivity contribution is 7.07. The number of hydrogen-bond donors (Lipinski definition) is 0. The molecule has 3 rings (SSSR count). The molecule has 1 aliphatic heterocycles. The number of nitrogens with zero attached hydrogens (tertiary/aromatic N) is 3. The standard InChI is InChI=1S/C15H18FN3OS/c1-3-12-14(16)15(18-9-17-12)19-6-10(2)20-13(7-19)11-4-5-21-8-11/h4-5,8-10,13H,3,6-7H2,1-2H3/t10-,13-/m0/s1. The zero-order chi connectivity index (χ0) is 14.8. The SMILES string of the molecule is CCc1ncnc(N2C[C@@H](c3ccsc3)O[C@@H](C)C2)c1F. The van der Waals surface area contributed by atoms with Gasteiger partial charge in [-0.2, -0.15) is 11.3 Å². The number of rotatable bonds is 3. The van der Waals surface area contributed by atoms with E-state index in [1.54, 1.807) is 11.3 Å². The maximum absolute atomic E-state index is 14.4. The number of morpholine rings is 1. The fraction of sp³-hybridized carbons (Fsp3) is 0.467. The van der Waals surface area contributed by atoms with Crippen LogP contribution >= 0.6 is 11.3 Å². The summed E-state index contributed by atoms with van der Waals surface area (Å²) in [6.07, 6.45) is 1.99. The quantitative estimate of drug-likeness (QED) is 0.873. The molecule has 1 fully saturated rings. The molecule has 3 heterocycles. The maximum Gasteiger partial charge on any atom is 0.187 e. The fourth-order valence-electron chi connectivity index (χ4n) is 2.63. The first-order valence-electron chi connectivity index (χ1n) is 7.11. The van der Waals surface area contributed by atoms with Gasteiger partial charge in [0.05, 0.1) is 18.3 Å². The largest absolute Gasteiger partial charge is 0.367 e. The van der Waals surface area contributed by atoms with Crippen molar-refractivity contribution in [1.82, 2.24) is 9.97 Å². The van der Waals surface area contributed by atoms with Crippen molar-refractivity contribution in [3.8, 4) is 0 Å². The Hall–Kier alpha value is -1.53. The number of aromatic nitrogens is 2. The predicted octanol–water partition coefficient (Wildman–Crippen LogP) is 3.21. The lowest BCUT2D eigenvalue weighted by molar-refractivity contribution is -0.0176. The normalized spacial score (nSPS) is 22.5. The molecule has 0 bridgehead atoms. The molecule has 1 aliphatic rings. The van der Waals surface area contributed by atoms with Crippen molar-refractivity contribution in [2.24, 2.45) is 0 Å². The van der Waals surface area contributed by atoms with Crippen molar-refractivity contribution in [2.45, 2.75) is 32.5 Å². The van der Waals surface area contributed by atoms with Crippen molar-refractivity contribution in [3.63, 3.8) is 0 Å². The van der Waals surface area contributed by atoms with Gasteiger partial charge in [-0.15, -0.1) is 0 Å². The number of aryl methyl sites for hydroxylation is 1. The third-order valence-corrected chi connectivity index (χ3v) is 4.35. The molecule has 0 aliphatic carbocycles. The number of anilines is 1. The summed E-state index contributed by atoms with van der Waals surface area (Å²) < 4.78 is 20.4. The van der Waals surface area contributed by atoms with Crippen molar-refractivity contribution in [2.75, 3.05) is 18.0 Å². The van der Waals surface area contributed by atoms with Crippen molar-refractivity contribution >= 4 is 17.2 Å². The molecule has 2 aromatic rings. The lowest BCUT2D eigenvalue weighted by Gasteiger charge is -2.37. The minimum atomic E-state index is -0.307. The minimum Gasteiger partial charge on any atom is -0.367 e.